The molecular weight excluding hydrogens is 228 g/mol. The summed E-state index contributed by atoms with van der Waals surface area (Å²) in [5, 5.41) is 10.7. The smallest absolute Gasteiger partial charge is 0.269 e. The maximum absolute atomic E-state index is 12.0. The second kappa shape index (κ2) is 6.00. The zero-order chi connectivity index (χ0) is 13.0. The third-order valence-electron chi connectivity index (χ3n) is 3.47. The molecule has 0 saturated carbocycles. The highest BCUT2D eigenvalue weighted by Crippen LogP contribution is 2.08. The molecule has 1 aromatic rings. The largest absolute Gasteiger partial charge is 0.351 e. The van der Waals surface area contributed by atoms with Crippen molar-refractivity contribution in [3.8, 4) is 0 Å². The molecule has 100 valence electrons. The second-order valence-electron chi connectivity index (χ2n) is 4.84. The van der Waals surface area contributed by atoms with Crippen LogP contribution in [0.4, 0.5) is 0 Å². The van der Waals surface area contributed by atoms with E-state index in [4.69, 9.17) is 0 Å². The predicted molar refractivity (Wildman–Crippen MR) is 70.6 cm³/mol. The summed E-state index contributed by atoms with van der Waals surface area (Å²) in [6, 6.07) is 2.44. The van der Waals surface area contributed by atoms with Crippen LogP contribution in [0, 0.1) is 0 Å². The second-order valence-corrected chi connectivity index (χ2v) is 4.84. The molecule has 18 heavy (non-hydrogen) atoms. The van der Waals surface area contributed by atoms with Gasteiger partial charge in [-0.05, 0) is 38.3 Å². The number of nitrogens with one attached hydrogen (secondary N) is 2. The number of carbonyl (C=O) groups is 1. The summed E-state index contributed by atoms with van der Waals surface area (Å²) in [4.78, 5) is 12.0. The van der Waals surface area contributed by atoms with Gasteiger partial charge in [-0.3, -0.25) is 9.48 Å². The van der Waals surface area contributed by atoms with Crippen molar-refractivity contribution < 1.29 is 4.79 Å². The lowest BCUT2D eigenvalue weighted by molar-refractivity contribution is 0.0943. The van der Waals surface area contributed by atoms with Gasteiger partial charge >= 0.3 is 0 Å². The zero-order valence-electron chi connectivity index (χ0n) is 11.2. The minimum atomic E-state index is -0.0253. The SMILES string of the molecule is CCc1cc(C(=O)NCC[C@@H]2CCCN2)n(C)n1. The van der Waals surface area contributed by atoms with Gasteiger partial charge in [0.2, 0.25) is 0 Å². The van der Waals surface area contributed by atoms with Gasteiger partial charge in [-0.2, -0.15) is 5.10 Å². The zero-order valence-corrected chi connectivity index (χ0v) is 11.2. The molecule has 5 nitrogen and oxygen atoms in total. The van der Waals surface area contributed by atoms with E-state index in [1.165, 1.54) is 12.8 Å². The quantitative estimate of drug-likeness (QED) is 0.814. The average molecular weight is 250 g/mol. The first-order chi connectivity index (χ1) is 8.70. The molecule has 2 rings (SSSR count). The average Bonchev–Trinajstić information content (AvgIpc) is 2.98. The highest BCUT2D eigenvalue weighted by Gasteiger charge is 2.15. The first kappa shape index (κ1) is 13.1. The normalized spacial score (nSPS) is 19.1. The van der Waals surface area contributed by atoms with Crippen LogP contribution in [0.1, 0.15) is 42.4 Å². The minimum absolute atomic E-state index is 0.0253. The molecule has 1 atom stereocenters. The molecule has 1 amide bonds. The summed E-state index contributed by atoms with van der Waals surface area (Å²) in [7, 11) is 1.81. The van der Waals surface area contributed by atoms with E-state index in [0.717, 1.165) is 31.6 Å². The van der Waals surface area contributed by atoms with Gasteiger partial charge in [0.05, 0.1) is 5.69 Å². The van der Waals surface area contributed by atoms with Crippen molar-refractivity contribution in [1.82, 2.24) is 20.4 Å². The van der Waals surface area contributed by atoms with Crippen LogP contribution in [0.3, 0.4) is 0 Å². The van der Waals surface area contributed by atoms with E-state index in [2.05, 4.69) is 15.7 Å². The maximum atomic E-state index is 12.0. The highest BCUT2D eigenvalue weighted by molar-refractivity contribution is 5.92. The summed E-state index contributed by atoms with van der Waals surface area (Å²) in [5.41, 5.74) is 1.60. The lowest BCUT2D eigenvalue weighted by Gasteiger charge is -2.10. The number of hydrogen-bond acceptors (Lipinski definition) is 3. The first-order valence-corrected chi connectivity index (χ1v) is 6.75. The molecule has 0 bridgehead atoms. The summed E-state index contributed by atoms with van der Waals surface area (Å²) < 4.78 is 1.65. The van der Waals surface area contributed by atoms with Crippen LogP contribution in [-0.2, 0) is 13.5 Å². The molecule has 1 fully saturated rings. The molecule has 0 unspecified atom stereocenters. The Bertz CT molecular complexity index is 407. The molecule has 0 radical (unpaired) electrons. The van der Waals surface area contributed by atoms with Crippen molar-refractivity contribution in [2.24, 2.45) is 7.05 Å². The fourth-order valence-electron chi connectivity index (χ4n) is 2.37. The van der Waals surface area contributed by atoms with Crippen LogP contribution in [0.5, 0.6) is 0 Å². The van der Waals surface area contributed by atoms with Gasteiger partial charge in [-0.15, -0.1) is 0 Å². The van der Waals surface area contributed by atoms with E-state index in [1.54, 1.807) is 4.68 Å². The number of aryl methyl sites for hydroxylation is 2. The van der Waals surface area contributed by atoms with Crippen molar-refractivity contribution >= 4 is 5.91 Å². The van der Waals surface area contributed by atoms with Gasteiger partial charge in [-0.1, -0.05) is 6.92 Å². The first-order valence-electron chi connectivity index (χ1n) is 6.75. The van der Waals surface area contributed by atoms with Crippen LogP contribution >= 0.6 is 0 Å². The van der Waals surface area contributed by atoms with Crippen molar-refractivity contribution in [3.05, 3.63) is 17.5 Å². The third-order valence-corrected chi connectivity index (χ3v) is 3.47. The molecule has 0 aromatic carbocycles. The summed E-state index contributed by atoms with van der Waals surface area (Å²) in [6.45, 7) is 3.87. The van der Waals surface area contributed by atoms with Crippen LogP contribution in [-0.4, -0.2) is 34.8 Å². The number of rotatable bonds is 5. The molecule has 1 aliphatic rings. The Morgan fingerprint density at radius 2 is 2.50 bits per heavy atom. The maximum Gasteiger partial charge on any atom is 0.269 e. The Labute approximate surface area is 108 Å². The van der Waals surface area contributed by atoms with Crippen molar-refractivity contribution in [1.29, 1.82) is 0 Å². The molecule has 2 N–H and O–H groups in total. The summed E-state index contributed by atoms with van der Waals surface area (Å²) >= 11 is 0. The fourth-order valence-corrected chi connectivity index (χ4v) is 2.37. The van der Waals surface area contributed by atoms with E-state index in [9.17, 15) is 4.79 Å². The Morgan fingerprint density at radius 3 is 3.11 bits per heavy atom. The van der Waals surface area contributed by atoms with E-state index in [-0.39, 0.29) is 5.91 Å². The van der Waals surface area contributed by atoms with Crippen LogP contribution in [0.15, 0.2) is 6.07 Å². The molecule has 0 spiro atoms. The van der Waals surface area contributed by atoms with Crippen molar-refractivity contribution in [3.63, 3.8) is 0 Å². The fraction of sp³-hybridized carbons (Fsp3) is 0.692. The number of hydrogen-bond donors (Lipinski definition) is 2. The van der Waals surface area contributed by atoms with Gasteiger partial charge in [0.15, 0.2) is 0 Å². The molecule has 5 heteroatoms. The molecule has 2 heterocycles. The highest BCUT2D eigenvalue weighted by atomic mass is 16.2. The standard InChI is InChI=1S/C13H22N4O/c1-3-10-9-12(17(2)16-10)13(18)15-8-6-11-5-4-7-14-11/h9,11,14H,3-8H2,1-2H3,(H,15,18)/t11-/m0/s1. The number of carbonyl (C=O) groups excluding carboxylic acids is 1. The van der Waals surface area contributed by atoms with Gasteiger partial charge in [-0.25, -0.2) is 0 Å². The lowest BCUT2D eigenvalue weighted by Crippen LogP contribution is -2.31. The lowest BCUT2D eigenvalue weighted by atomic mass is 10.1. The number of amides is 1. The van der Waals surface area contributed by atoms with Crippen molar-refractivity contribution in [2.45, 2.75) is 38.6 Å². The van der Waals surface area contributed by atoms with Gasteiger partial charge < -0.3 is 10.6 Å². The van der Waals surface area contributed by atoms with Gasteiger partial charge in [0.1, 0.15) is 5.69 Å². The van der Waals surface area contributed by atoms with Crippen LogP contribution in [0.2, 0.25) is 0 Å². The van der Waals surface area contributed by atoms with Crippen LogP contribution < -0.4 is 10.6 Å². The summed E-state index contributed by atoms with van der Waals surface area (Å²) in [5.74, 6) is -0.0253. The van der Waals surface area contributed by atoms with E-state index < -0.39 is 0 Å². The number of aromatic nitrogens is 2. The van der Waals surface area contributed by atoms with E-state index in [1.807, 2.05) is 20.0 Å². The molecule has 1 aliphatic heterocycles. The Morgan fingerprint density at radius 1 is 1.67 bits per heavy atom. The number of nitrogens with zero attached hydrogens (tertiary/aromatic N) is 2. The Hall–Kier alpha value is -1.36. The van der Waals surface area contributed by atoms with E-state index >= 15 is 0 Å². The molecule has 0 aliphatic carbocycles. The topological polar surface area (TPSA) is 59.0 Å². The molecular formula is C13H22N4O. The third kappa shape index (κ3) is 3.10. The summed E-state index contributed by atoms with van der Waals surface area (Å²) in [6.07, 6.45) is 4.33. The Kier molecular flexibility index (Phi) is 4.36. The van der Waals surface area contributed by atoms with Crippen LogP contribution in [0.25, 0.3) is 0 Å². The van der Waals surface area contributed by atoms with Gasteiger partial charge in [0.25, 0.3) is 5.91 Å². The van der Waals surface area contributed by atoms with Crippen molar-refractivity contribution in [2.75, 3.05) is 13.1 Å². The predicted octanol–water partition coefficient (Wildman–Crippen LogP) is 0.854. The monoisotopic (exact) mass is 250 g/mol. The Balaban J connectivity index is 1.81. The van der Waals surface area contributed by atoms with E-state index in [0.29, 0.717) is 11.7 Å². The minimum Gasteiger partial charge on any atom is -0.351 e. The molecule has 1 saturated heterocycles. The van der Waals surface area contributed by atoms with Gasteiger partial charge in [0, 0.05) is 19.6 Å². The molecule has 1 aromatic heterocycles.